The third-order valence-electron chi connectivity index (χ3n) is 4.40. The normalized spacial score (nSPS) is 13.1. The molecule has 0 spiro atoms. The molecule has 27 heavy (non-hydrogen) atoms. The Morgan fingerprint density at radius 3 is 2.48 bits per heavy atom. The van der Waals surface area contributed by atoms with Gasteiger partial charge in [-0.1, -0.05) is 36.4 Å². The Morgan fingerprint density at radius 2 is 1.81 bits per heavy atom. The van der Waals surface area contributed by atoms with Crippen molar-refractivity contribution in [3.05, 3.63) is 70.1 Å². The van der Waals surface area contributed by atoms with E-state index in [9.17, 15) is 19.5 Å². The topological polar surface area (TPSA) is 124 Å². The van der Waals surface area contributed by atoms with Gasteiger partial charge in [0.1, 0.15) is 6.04 Å². The highest BCUT2D eigenvalue weighted by atomic mass is 16.5. The molecule has 0 saturated carbocycles. The third-order valence-corrected chi connectivity index (χ3v) is 4.40. The smallest absolute Gasteiger partial charge is 0.405 e. The Balaban J connectivity index is 2.07. The Labute approximate surface area is 154 Å². The highest BCUT2D eigenvalue weighted by Gasteiger charge is 2.32. The van der Waals surface area contributed by atoms with Crippen LogP contribution in [-0.4, -0.2) is 40.3 Å². The maximum absolute atomic E-state index is 12.3. The lowest BCUT2D eigenvalue weighted by molar-refractivity contribution is -0.143. The molecule has 0 aliphatic heterocycles. The number of hydrogen-bond acceptors (Lipinski definition) is 4. The van der Waals surface area contributed by atoms with Gasteiger partial charge in [0.05, 0.1) is 18.1 Å². The van der Waals surface area contributed by atoms with E-state index in [-0.39, 0.29) is 5.69 Å². The first-order valence-electron chi connectivity index (χ1n) is 8.31. The number of amides is 1. The SMILES string of the molecule is COC(=O)C(NC(=O)O)[C@@H](Cc1ccccc1)c1ccc2[nH]c(=O)[nH]c2c1. The van der Waals surface area contributed by atoms with Gasteiger partial charge in [-0.3, -0.25) is 0 Å². The van der Waals surface area contributed by atoms with Crippen LogP contribution in [0.2, 0.25) is 0 Å². The number of aromatic amines is 2. The number of H-pyrrole nitrogens is 2. The molecule has 2 atom stereocenters. The lowest BCUT2D eigenvalue weighted by atomic mass is 9.85. The van der Waals surface area contributed by atoms with E-state index in [1.165, 1.54) is 7.11 Å². The van der Waals surface area contributed by atoms with Crippen LogP contribution in [0, 0.1) is 0 Å². The largest absolute Gasteiger partial charge is 0.467 e. The quantitative estimate of drug-likeness (QED) is 0.495. The number of benzene rings is 2. The number of nitrogens with one attached hydrogen (secondary N) is 3. The van der Waals surface area contributed by atoms with Crippen molar-refractivity contribution in [2.45, 2.75) is 18.4 Å². The van der Waals surface area contributed by atoms with Crippen molar-refractivity contribution in [1.29, 1.82) is 0 Å². The Hall–Kier alpha value is -3.55. The first kappa shape index (κ1) is 18.2. The average molecular weight is 369 g/mol. The van der Waals surface area contributed by atoms with E-state index < -0.39 is 24.0 Å². The summed E-state index contributed by atoms with van der Waals surface area (Å²) in [5.41, 5.74) is 2.50. The second-order valence-corrected chi connectivity index (χ2v) is 6.13. The van der Waals surface area contributed by atoms with Gasteiger partial charge in [0.25, 0.3) is 0 Å². The van der Waals surface area contributed by atoms with Gasteiger partial charge in [0.2, 0.25) is 0 Å². The monoisotopic (exact) mass is 369 g/mol. The molecule has 2 aromatic carbocycles. The molecule has 0 aliphatic rings. The van der Waals surface area contributed by atoms with E-state index in [4.69, 9.17) is 4.74 Å². The lowest BCUT2D eigenvalue weighted by Crippen LogP contribution is -2.45. The molecule has 3 rings (SSSR count). The molecule has 0 bridgehead atoms. The van der Waals surface area contributed by atoms with Crippen LogP contribution in [0.1, 0.15) is 17.0 Å². The van der Waals surface area contributed by atoms with E-state index >= 15 is 0 Å². The van der Waals surface area contributed by atoms with Crippen molar-refractivity contribution in [3.63, 3.8) is 0 Å². The molecule has 1 aromatic heterocycles. The number of carbonyl (C=O) groups excluding carboxylic acids is 1. The molecule has 1 amide bonds. The van der Waals surface area contributed by atoms with Gasteiger partial charge in [-0.15, -0.1) is 0 Å². The van der Waals surface area contributed by atoms with Crippen molar-refractivity contribution in [1.82, 2.24) is 15.3 Å². The molecule has 0 fully saturated rings. The number of hydrogen-bond donors (Lipinski definition) is 4. The number of fused-ring (bicyclic) bond motifs is 1. The van der Waals surface area contributed by atoms with Crippen LogP contribution in [0.15, 0.2) is 53.3 Å². The third kappa shape index (κ3) is 4.17. The molecular formula is C19H19N3O5. The molecule has 1 unspecified atom stereocenters. The molecule has 140 valence electrons. The van der Waals surface area contributed by atoms with Crippen LogP contribution in [0.4, 0.5) is 4.79 Å². The van der Waals surface area contributed by atoms with E-state index in [2.05, 4.69) is 15.3 Å². The number of aromatic nitrogens is 2. The van der Waals surface area contributed by atoms with Crippen LogP contribution in [-0.2, 0) is 16.0 Å². The molecule has 0 radical (unpaired) electrons. The zero-order valence-electron chi connectivity index (χ0n) is 14.6. The van der Waals surface area contributed by atoms with Crippen molar-refractivity contribution in [2.75, 3.05) is 7.11 Å². The Kier molecular flexibility index (Phi) is 5.25. The maximum Gasteiger partial charge on any atom is 0.405 e. The first-order valence-corrected chi connectivity index (χ1v) is 8.31. The maximum atomic E-state index is 12.3. The molecule has 8 nitrogen and oxygen atoms in total. The zero-order valence-corrected chi connectivity index (χ0v) is 14.6. The number of esters is 1. The lowest BCUT2D eigenvalue weighted by Gasteiger charge is -2.26. The van der Waals surface area contributed by atoms with E-state index in [1.54, 1.807) is 18.2 Å². The fraction of sp³-hybridized carbons (Fsp3) is 0.211. The summed E-state index contributed by atoms with van der Waals surface area (Å²) < 4.78 is 4.82. The number of rotatable bonds is 6. The number of ether oxygens (including phenoxy) is 1. The van der Waals surface area contributed by atoms with Gasteiger partial charge in [0.15, 0.2) is 0 Å². The number of imidazole rings is 1. The second kappa shape index (κ2) is 7.77. The van der Waals surface area contributed by atoms with Gasteiger partial charge in [0, 0.05) is 5.92 Å². The molecule has 3 aromatic rings. The van der Waals surface area contributed by atoms with Crippen molar-refractivity contribution in [3.8, 4) is 0 Å². The highest BCUT2D eigenvalue weighted by Crippen LogP contribution is 2.27. The fourth-order valence-electron chi connectivity index (χ4n) is 3.16. The summed E-state index contributed by atoms with van der Waals surface area (Å²) in [6.07, 6.45) is -0.916. The summed E-state index contributed by atoms with van der Waals surface area (Å²) in [5.74, 6) is -1.21. The summed E-state index contributed by atoms with van der Waals surface area (Å²) in [5, 5.41) is 11.5. The summed E-state index contributed by atoms with van der Waals surface area (Å²) >= 11 is 0. The number of carboxylic acid groups (broad SMARTS) is 1. The van der Waals surface area contributed by atoms with Gasteiger partial charge in [-0.25, -0.2) is 14.4 Å². The Morgan fingerprint density at radius 1 is 1.11 bits per heavy atom. The summed E-state index contributed by atoms with van der Waals surface area (Å²) in [6.45, 7) is 0. The molecule has 0 aliphatic carbocycles. The fourth-order valence-corrected chi connectivity index (χ4v) is 3.16. The van der Waals surface area contributed by atoms with Gasteiger partial charge in [-0.2, -0.15) is 0 Å². The number of carbonyl (C=O) groups is 2. The summed E-state index contributed by atoms with van der Waals surface area (Å²) in [4.78, 5) is 40.4. The van der Waals surface area contributed by atoms with Crippen LogP contribution in [0.3, 0.4) is 0 Å². The van der Waals surface area contributed by atoms with Crippen LogP contribution in [0.5, 0.6) is 0 Å². The van der Waals surface area contributed by atoms with Crippen molar-refractivity contribution < 1.29 is 19.4 Å². The van der Waals surface area contributed by atoms with Crippen LogP contribution >= 0.6 is 0 Å². The minimum Gasteiger partial charge on any atom is -0.467 e. The van der Waals surface area contributed by atoms with Gasteiger partial charge < -0.3 is 25.1 Å². The zero-order chi connectivity index (χ0) is 19.4. The molecule has 1 heterocycles. The summed E-state index contributed by atoms with van der Waals surface area (Å²) in [6, 6.07) is 13.5. The van der Waals surface area contributed by atoms with E-state index in [1.807, 2.05) is 30.3 Å². The van der Waals surface area contributed by atoms with E-state index in [0.717, 1.165) is 5.56 Å². The molecule has 0 saturated heterocycles. The molecule has 4 N–H and O–H groups in total. The molecule has 8 heteroatoms. The van der Waals surface area contributed by atoms with Crippen molar-refractivity contribution >= 4 is 23.1 Å². The predicted octanol–water partition coefficient (Wildman–Crippen LogP) is 1.99. The number of methoxy groups -OCH3 is 1. The summed E-state index contributed by atoms with van der Waals surface area (Å²) in [7, 11) is 1.21. The minimum absolute atomic E-state index is 0.338. The van der Waals surface area contributed by atoms with E-state index in [0.29, 0.717) is 23.0 Å². The first-order chi connectivity index (χ1) is 13.0. The predicted molar refractivity (Wildman–Crippen MR) is 98.8 cm³/mol. The van der Waals surface area contributed by atoms with Gasteiger partial charge >= 0.3 is 17.8 Å². The van der Waals surface area contributed by atoms with Crippen LogP contribution in [0.25, 0.3) is 11.0 Å². The van der Waals surface area contributed by atoms with Crippen LogP contribution < -0.4 is 11.0 Å². The second-order valence-electron chi connectivity index (χ2n) is 6.13. The highest BCUT2D eigenvalue weighted by molar-refractivity contribution is 5.82. The standard InChI is InChI=1S/C19H19N3O5/c1-27-17(23)16(22-19(25)26)13(9-11-5-3-2-4-6-11)12-7-8-14-15(10-12)21-18(24)20-14/h2-8,10,13,16,22H,9H2,1H3,(H,25,26)(H2,20,21,24)/t13-,16?/m0/s1. The van der Waals surface area contributed by atoms with Crippen molar-refractivity contribution in [2.24, 2.45) is 0 Å². The molecular weight excluding hydrogens is 350 g/mol. The minimum atomic E-state index is -1.32. The average Bonchev–Trinajstić information content (AvgIpc) is 3.03. The van der Waals surface area contributed by atoms with Gasteiger partial charge in [-0.05, 0) is 29.7 Å². The Bertz CT molecular complexity index is 1010.